The Labute approximate surface area is 104 Å². The normalized spacial score (nSPS) is 15.4. The van der Waals surface area contributed by atoms with Crippen molar-refractivity contribution in [3.8, 4) is 0 Å². The van der Waals surface area contributed by atoms with Crippen LogP contribution in [0.4, 0.5) is 4.39 Å². The number of hydrogen-bond donors (Lipinski definition) is 1. The van der Waals surface area contributed by atoms with Crippen LogP contribution in [0.15, 0.2) is 29.2 Å². The highest BCUT2D eigenvalue weighted by Gasteiger charge is 2.19. The van der Waals surface area contributed by atoms with E-state index in [4.69, 9.17) is 4.74 Å². The molecular formula is C12H14FNO2S. The number of amides is 1. The van der Waals surface area contributed by atoms with E-state index in [1.54, 1.807) is 18.2 Å². The third-order valence-corrected chi connectivity index (χ3v) is 3.48. The molecule has 5 heteroatoms. The largest absolute Gasteiger partial charge is 0.377 e. The van der Waals surface area contributed by atoms with Gasteiger partial charge in [-0.2, -0.15) is 0 Å². The number of benzene rings is 1. The quantitative estimate of drug-likeness (QED) is 0.816. The summed E-state index contributed by atoms with van der Waals surface area (Å²) < 4.78 is 18.2. The number of carbonyl (C=O) groups excluding carboxylic acids is 1. The van der Waals surface area contributed by atoms with Gasteiger partial charge in [0.2, 0.25) is 5.91 Å². The lowest BCUT2D eigenvalue weighted by Gasteiger charge is -2.26. The summed E-state index contributed by atoms with van der Waals surface area (Å²) in [6.07, 6.45) is 0.398. The molecule has 2 rings (SSSR count). The summed E-state index contributed by atoms with van der Waals surface area (Å²) >= 11 is 1.36. The van der Waals surface area contributed by atoms with Gasteiger partial charge in [0, 0.05) is 17.1 Å². The molecule has 1 aromatic carbocycles. The van der Waals surface area contributed by atoms with Gasteiger partial charge in [-0.25, -0.2) is 4.39 Å². The molecule has 3 nitrogen and oxygen atoms in total. The lowest BCUT2D eigenvalue weighted by molar-refractivity contribution is -0.124. The number of ether oxygens (including phenoxy) is 1. The van der Waals surface area contributed by atoms with Crippen molar-refractivity contribution in [2.24, 2.45) is 0 Å². The highest BCUT2D eigenvalue weighted by molar-refractivity contribution is 7.99. The molecule has 92 valence electrons. The van der Waals surface area contributed by atoms with Crippen LogP contribution < -0.4 is 5.32 Å². The molecular weight excluding hydrogens is 241 g/mol. The van der Waals surface area contributed by atoms with Gasteiger partial charge in [0.15, 0.2) is 0 Å². The van der Waals surface area contributed by atoms with E-state index >= 15 is 0 Å². The predicted molar refractivity (Wildman–Crippen MR) is 64.5 cm³/mol. The van der Waals surface area contributed by atoms with Crippen LogP contribution in [0.2, 0.25) is 0 Å². The first kappa shape index (κ1) is 12.4. The molecule has 0 unspecified atom stereocenters. The van der Waals surface area contributed by atoms with Gasteiger partial charge in [-0.3, -0.25) is 4.79 Å². The van der Waals surface area contributed by atoms with Gasteiger partial charge in [0.05, 0.1) is 19.3 Å². The SMILES string of the molecule is O=C(CCSc1ccccc1F)NC1COC1. The van der Waals surface area contributed by atoms with Gasteiger partial charge < -0.3 is 10.1 Å². The number of thioether (sulfide) groups is 1. The van der Waals surface area contributed by atoms with Crippen molar-refractivity contribution >= 4 is 17.7 Å². The fourth-order valence-electron chi connectivity index (χ4n) is 1.43. The van der Waals surface area contributed by atoms with Crippen LogP contribution >= 0.6 is 11.8 Å². The smallest absolute Gasteiger partial charge is 0.221 e. The van der Waals surface area contributed by atoms with E-state index in [0.717, 1.165) is 0 Å². The number of carbonyl (C=O) groups is 1. The maximum absolute atomic E-state index is 13.2. The Hall–Kier alpha value is -1.07. The summed E-state index contributed by atoms with van der Waals surface area (Å²) in [5.74, 6) is 0.354. The molecule has 1 saturated heterocycles. The van der Waals surface area contributed by atoms with Gasteiger partial charge in [0.25, 0.3) is 0 Å². The molecule has 1 heterocycles. The number of rotatable bonds is 5. The van der Waals surface area contributed by atoms with E-state index in [-0.39, 0.29) is 17.8 Å². The maximum Gasteiger partial charge on any atom is 0.221 e. The fourth-order valence-corrected chi connectivity index (χ4v) is 2.32. The van der Waals surface area contributed by atoms with Crippen molar-refractivity contribution in [1.29, 1.82) is 0 Å². The average Bonchev–Trinajstić information content (AvgIpc) is 2.26. The first-order valence-corrected chi connectivity index (χ1v) is 6.48. The Morgan fingerprint density at radius 1 is 1.47 bits per heavy atom. The second kappa shape index (κ2) is 6.02. The zero-order chi connectivity index (χ0) is 12.1. The molecule has 0 saturated carbocycles. The van der Waals surface area contributed by atoms with Crippen molar-refractivity contribution < 1.29 is 13.9 Å². The first-order valence-electron chi connectivity index (χ1n) is 5.50. The molecule has 1 aliphatic rings. The Balaban J connectivity index is 1.68. The summed E-state index contributed by atoms with van der Waals surface area (Å²) in [7, 11) is 0. The van der Waals surface area contributed by atoms with Crippen LogP contribution in [0.5, 0.6) is 0 Å². The molecule has 17 heavy (non-hydrogen) atoms. The van der Waals surface area contributed by atoms with Gasteiger partial charge >= 0.3 is 0 Å². The van der Waals surface area contributed by atoms with E-state index in [1.807, 2.05) is 0 Å². The summed E-state index contributed by atoms with van der Waals surface area (Å²) in [5, 5.41) is 2.85. The minimum atomic E-state index is -0.231. The van der Waals surface area contributed by atoms with E-state index < -0.39 is 0 Å². The van der Waals surface area contributed by atoms with Gasteiger partial charge in [0.1, 0.15) is 5.82 Å². The van der Waals surface area contributed by atoms with Crippen LogP contribution in [0.25, 0.3) is 0 Å². The third-order valence-electron chi connectivity index (χ3n) is 2.43. The standard InChI is InChI=1S/C12H14FNO2S/c13-10-3-1-2-4-11(10)17-6-5-12(15)14-9-7-16-8-9/h1-4,9H,5-8H2,(H,14,15). The van der Waals surface area contributed by atoms with Crippen molar-refractivity contribution in [3.05, 3.63) is 30.1 Å². The zero-order valence-corrected chi connectivity index (χ0v) is 10.1. The first-order chi connectivity index (χ1) is 8.25. The van der Waals surface area contributed by atoms with E-state index in [1.165, 1.54) is 17.8 Å². The molecule has 0 atom stereocenters. The molecule has 1 aromatic rings. The van der Waals surface area contributed by atoms with E-state index in [9.17, 15) is 9.18 Å². The van der Waals surface area contributed by atoms with Crippen molar-refractivity contribution in [2.45, 2.75) is 17.4 Å². The lowest BCUT2D eigenvalue weighted by Crippen LogP contribution is -2.48. The Morgan fingerprint density at radius 2 is 2.24 bits per heavy atom. The van der Waals surface area contributed by atoms with Gasteiger partial charge in [-0.05, 0) is 12.1 Å². The minimum Gasteiger partial charge on any atom is -0.377 e. The monoisotopic (exact) mass is 255 g/mol. The Bertz CT molecular complexity index is 396. The maximum atomic E-state index is 13.2. The number of hydrogen-bond acceptors (Lipinski definition) is 3. The Morgan fingerprint density at radius 3 is 2.88 bits per heavy atom. The molecule has 1 fully saturated rings. The molecule has 1 aliphatic heterocycles. The van der Waals surface area contributed by atoms with Crippen molar-refractivity contribution in [2.75, 3.05) is 19.0 Å². The molecule has 0 spiro atoms. The highest BCUT2D eigenvalue weighted by atomic mass is 32.2. The fraction of sp³-hybridized carbons (Fsp3) is 0.417. The molecule has 0 aromatic heterocycles. The van der Waals surface area contributed by atoms with Gasteiger partial charge in [-0.1, -0.05) is 12.1 Å². The van der Waals surface area contributed by atoms with Crippen LogP contribution in [-0.2, 0) is 9.53 Å². The van der Waals surface area contributed by atoms with Gasteiger partial charge in [-0.15, -0.1) is 11.8 Å². The number of halogens is 1. The zero-order valence-electron chi connectivity index (χ0n) is 9.32. The summed E-state index contributed by atoms with van der Waals surface area (Å²) in [6, 6.07) is 6.76. The average molecular weight is 255 g/mol. The second-order valence-corrected chi connectivity index (χ2v) is 4.97. The van der Waals surface area contributed by atoms with Crippen LogP contribution in [-0.4, -0.2) is 30.9 Å². The highest BCUT2D eigenvalue weighted by Crippen LogP contribution is 2.21. The summed E-state index contributed by atoms with van der Waals surface area (Å²) in [6.45, 7) is 1.21. The summed E-state index contributed by atoms with van der Waals surface area (Å²) in [5.41, 5.74) is 0. The van der Waals surface area contributed by atoms with E-state index in [0.29, 0.717) is 30.3 Å². The van der Waals surface area contributed by atoms with Crippen molar-refractivity contribution in [3.63, 3.8) is 0 Å². The molecule has 0 radical (unpaired) electrons. The molecule has 0 bridgehead atoms. The molecule has 1 amide bonds. The topological polar surface area (TPSA) is 38.3 Å². The van der Waals surface area contributed by atoms with Crippen LogP contribution in [0.1, 0.15) is 6.42 Å². The van der Waals surface area contributed by atoms with Crippen LogP contribution in [0, 0.1) is 5.82 Å². The Kier molecular flexibility index (Phi) is 4.39. The van der Waals surface area contributed by atoms with Crippen molar-refractivity contribution in [1.82, 2.24) is 5.32 Å². The van der Waals surface area contributed by atoms with E-state index in [2.05, 4.69) is 5.32 Å². The number of nitrogens with one attached hydrogen (secondary N) is 1. The predicted octanol–water partition coefficient (Wildman–Crippen LogP) is 1.82. The minimum absolute atomic E-state index is 0.00198. The molecule has 0 aliphatic carbocycles. The summed E-state index contributed by atoms with van der Waals surface area (Å²) in [4.78, 5) is 12.0. The lowest BCUT2D eigenvalue weighted by atomic mass is 10.2. The van der Waals surface area contributed by atoms with Crippen LogP contribution in [0.3, 0.4) is 0 Å². The third kappa shape index (κ3) is 3.71. The molecule has 1 N–H and O–H groups in total. The second-order valence-electron chi connectivity index (χ2n) is 3.83.